The van der Waals surface area contributed by atoms with Crippen molar-refractivity contribution in [2.75, 3.05) is 6.54 Å². The van der Waals surface area contributed by atoms with E-state index < -0.39 is 0 Å². The number of likely N-dealkylation sites (tertiary alicyclic amines) is 1. The van der Waals surface area contributed by atoms with Gasteiger partial charge in [0.2, 0.25) is 5.91 Å². The third kappa shape index (κ3) is 2.44. The maximum atomic E-state index is 11.4. The second-order valence-electron chi connectivity index (χ2n) is 3.38. The highest BCUT2D eigenvalue weighted by Crippen LogP contribution is 2.21. The highest BCUT2D eigenvalue weighted by atomic mass is 16.2. The standard InChI is InChI=1S/C11H17NO/c1-3-5-9-12-10(6-4-2)7-8-11(12)13/h3-4,10H,1-2,5-9H2/t10-/m1/s1. The van der Waals surface area contributed by atoms with Crippen molar-refractivity contribution in [2.24, 2.45) is 0 Å². The van der Waals surface area contributed by atoms with E-state index in [1.165, 1.54) is 0 Å². The molecule has 2 heteroatoms. The van der Waals surface area contributed by atoms with Crippen LogP contribution in [0.3, 0.4) is 0 Å². The molecular formula is C11H17NO. The van der Waals surface area contributed by atoms with Crippen LogP contribution in [0.2, 0.25) is 0 Å². The summed E-state index contributed by atoms with van der Waals surface area (Å²) in [6, 6.07) is 0.393. The molecular weight excluding hydrogens is 162 g/mol. The van der Waals surface area contributed by atoms with Crippen LogP contribution in [-0.2, 0) is 4.79 Å². The molecule has 0 bridgehead atoms. The predicted molar refractivity (Wildman–Crippen MR) is 54.4 cm³/mol. The van der Waals surface area contributed by atoms with E-state index in [9.17, 15) is 4.79 Å². The van der Waals surface area contributed by atoms with Crippen LogP contribution in [0.5, 0.6) is 0 Å². The summed E-state index contributed by atoms with van der Waals surface area (Å²) in [6.07, 6.45) is 7.25. The number of hydrogen-bond donors (Lipinski definition) is 0. The molecule has 2 nitrogen and oxygen atoms in total. The normalized spacial score (nSPS) is 22.0. The first-order valence-electron chi connectivity index (χ1n) is 4.81. The minimum Gasteiger partial charge on any atom is -0.339 e. The molecule has 1 rings (SSSR count). The molecule has 0 N–H and O–H groups in total. The van der Waals surface area contributed by atoms with Gasteiger partial charge in [0, 0.05) is 19.0 Å². The van der Waals surface area contributed by atoms with Crippen molar-refractivity contribution in [3.8, 4) is 0 Å². The number of hydrogen-bond acceptors (Lipinski definition) is 1. The van der Waals surface area contributed by atoms with Gasteiger partial charge in [-0.3, -0.25) is 4.79 Å². The summed E-state index contributed by atoms with van der Waals surface area (Å²) >= 11 is 0. The summed E-state index contributed by atoms with van der Waals surface area (Å²) in [5, 5.41) is 0. The van der Waals surface area contributed by atoms with Crippen molar-refractivity contribution in [3.05, 3.63) is 25.3 Å². The second-order valence-corrected chi connectivity index (χ2v) is 3.38. The van der Waals surface area contributed by atoms with Crippen LogP contribution < -0.4 is 0 Å². The van der Waals surface area contributed by atoms with Crippen molar-refractivity contribution in [1.82, 2.24) is 4.90 Å². The molecule has 1 aliphatic heterocycles. The van der Waals surface area contributed by atoms with Gasteiger partial charge in [-0.2, -0.15) is 0 Å². The fourth-order valence-electron chi connectivity index (χ4n) is 1.77. The predicted octanol–water partition coefficient (Wildman–Crippen LogP) is 2.13. The maximum absolute atomic E-state index is 11.4. The lowest BCUT2D eigenvalue weighted by Crippen LogP contribution is -2.33. The van der Waals surface area contributed by atoms with Crippen LogP contribution >= 0.6 is 0 Å². The van der Waals surface area contributed by atoms with Crippen LogP contribution in [0.25, 0.3) is 0 Å². The lowest BCUT2D eigenvalue weighted by molar-refractivity contribution is -0.128. The van der Waals surface area contributed by atoms with Crippen molar-refractivity contribution in [2.45, 2.75) is 31.7 Å². The number of carbonyl (C=O) groups excluding carboxylic acids is 1. The van der Waals surface area contributed by atoms with Crippen LogP contribution in [0.1, 0.15) is 25.7 Å². The molecule has 0 radical (unpaired) electrons. The summed E-state index contributed by atoms with van der Waals surface area (Å²) in [5.41, 5.74) is 0. The van der Waals surface area contributed by atoms with Crippen molar-refractivity contribution in [1.29, 1.82) is 0 Å². The Balaban J connectivity index is 2.48. The average Bonchev–Trinajstić information content (AvgIpc) is 2.45. The molecule has 1 amide bonds. The fourth-order valence-corrected chi connectivity index (χ4v) is 1.77. The van der Waals surface area contributed by atoms with Gasteiger partial charge in [-0.25, -0.2) is 0 Å². The van der Waals surface area contributed by atoms with E-state index in [4.69, 9.17) is 0 Å². The Morgan fingerprint density at radius 2 is 2.23 bits per heavy atom. The van der Waals surface area contributed by atoms with E-state index in [2.05, 4.69) is 13.2 Å². The third-order valence-electron chi connectivity index (χ3n) is 2.47. The Bertz CT molecular complexity index is 210. The summed E-state index contributed by atoms with van der Waals surface area (Å²) < 4.78 is 0. The Hall–Kier alpha value is -1.05. The van der Waals surface area contributed by atoms with E-state index in [1.54, 1.807) is 0 Å². The second kappa shape index (κ2) is 4.85. The molecule has 1 heterocycles. The third-order valence-corrected chi connectivity index (χ3v) is 2.47. The molecule has 0 aromatic rings. The SMILES string of the molecule is C=CCCN1C(=O)CC[C@H]1CC=C. The van der Waals surface area contributed by atoms with Gasteiger partial charge in [0.1, 0.15) is 0 Å². The summed E-state index contributed by atoms with van der Waals surface area (Å²) in [5.74, 6) is 0.286. The molecule has 1 saturated heterocycles. The number of carbonyl (C=O) groups is 1. The summed E-state index contributed by atoms with van der Waals surface area (Å²) in [6.45, 7) is 8.19. The van der Waals surface area contributed by atoms with Gasteiger partial charge < -0.3 is 4.90 Å². The van der Waals surface area contributed by atoms with E-state index in [0.717, 1.165) is 25.8 Å². The molecule has 13 heavy (non-hydrogen) atoms. The van der Waals surface area contributed by atoms with Gasteiger partial charge in [0.25, 0.3) is 0 Å². The van der Waals surface area contributed by atoms with E-state index in [0.29, 0.717) is 12.5 Å². The molecule has 0 aliphatic carbocycles. The Kier molecular flexibility index (Phi) is 3.74. The van der Waals surface area contributed by atoms with Crippen LogP contribution in [-0.4, -0.2) is 23.4 Å². The van der Waals surface area contributed by atoms with E-state index >= 15 is 0 Å². The van der Waals surface area contributed by atoms with Gasteiger partial charge in [-0.1, -0.05) is 12.2 Å². The van der Waals surface area contributed by atoms with Crippen LogP contribution in [0, 0.1) is 0 Å². The van der Waals surface area contributed by atoms with Crippen LogP contribution in [0.15, 0.2) is 25.3 Å². The van der Waals surface area contributed by atoms with Gasteiger partial charge >= 0.3 is 0 Å². The molecule has 1 aliphatic rings. The first kappa shape index (κ1) is 10.0. The van der Waals surface area contributed by atoms with Crippen molar-refractivity contribution in [3.63, 3.8) is 0 Å². The van der Waals surface area contributed by atoms with E-state index in [-0.39, 0.29) is 5.91 Å². The molecule has 0 spiro atoms. The number of nitrogens with zero attached hydrogens (tertiary/aromatic N) is 1. The van der Waals surface area contributed by atoms with E-state index in [1.807, 2.05) is 17.1 Å². The highest BCUT2D eigenvalue weighted by Gasteiger charge is 2.28. The zero-order chi connectivity index (χ0) is 9.68. The topological polar surface area (TPSA) is 20.3 Å². The quantitative estimate of drug-likeness (QED) is 0.592. The first-order valence-corrected chi connectivity index (χ1v) is 4.81. The number of amides is 1. The van der Waals surface area contributed by atoms with Gasteiger partial charge in [0.15, 0.2) is 0 Å². The maximum Gasteiger partial charge on any atom is 0.222 e. The Labute approximate surface area is 79.9 Å². The first-order chi connectivity index (χ1) is 6.29. The average molecular weight is 179 g/mol. The lowest BCUT2D eigenvalue weighted by Gasteiger charge is -2.23. The van der Waals surface area contributed by atoms with Gasteiger partial charge in [-0.15, -0.1) is 13.2 Å². The fraction of sp³-hybridized carbons (Fsp3) is 0.545. The smallest absolute Gasteiger partial charge is 0.222 e. The highest BCUT2D eigenvalue weighted by molar-refractivity contribution is 5.78. The van der Waals surface area contributed by atoms with Gasteiger partial charge in [-0.05, 0) is 19.3 Å². The molecule has 0 unspecified atom stereocenters. The largest absolute Gasteiger partial charge is 0.339 e. The van der Waals surface area contributed by atoms with Crippen molar-refractivity contribution >= 4 is 5.91 Å². The van der Waals surface area contributed by atoms with Crippen LogP contribution in [0.4, 0.5) is 0 Å². The molecule has 1 atom stereocenters. The lowest BCUT2D eigenvalue weighted by atomic mass is 10.1. The zero-order valence-corrected chi connectivity index (χ0v) is 8.04. The van der Waals surface area contributed by atoms with Crippen molar-refractivity contribution < 1.29 is 4.79 Å². The molecule has 0 aromatic carbocycles. The number of rotatable bonds is 5. The minimum absolute atomic E-state index is 0.286. The molecule has 0 saturated carbocycles. The monoisotopic (exact) mass is 179 g/mol. The zero-order valence-electron chi connectivity index (χ0n) is 8.04. The Morgan fingerprint density at radius 1 is 1.46 bits per heavy atom. The molecule has 72 valence electrons. The molecule has 1 fully saturated rings. The summed E-state index contributed by atoms with van der Waals surface area (Å²) in [4.78, 5) is 13.4. The Morgan fingerprint density at radius 3 is 2.85 bits per heavy atom. The van der Waals surface area contributed by atoms with Gasteiger partial charge in [0.05, 0.1) is 0 Å². The minimum atomic E-state index is 0.286. The summed E-state index contributed by atoms with van der Waals surface area (Å²) in [7, 11) is 0. The molecule has 0 aromatic heterocycles.